The first-order valence-electron chi connectivity index (χ1n) is 6.13. The molecule has 0 saturated heterocycles. The van der Waals surface area contributed by atoms with Crippen LogP contribution in [0, 0.1) is 0 Å². The Labute approximate surface area is 116 Å². The van der Waals surface area contributed by atoms with Crippen LogP contribution in [0.15, 0.2) is 39.4 Å². The Kier molecular flexibility index (Phi) is 4.97. The molecule has 1 N–H and O–H groups in total. The predicted molar refractivity (Wildman–Crippen MR) is 77.4 cm³/mol. The topological polar surface area (TPSA) is 53.7 Å². The third-order valence-electron chi connectivity index (χ3n) is 2.70. The van der Waals surface area contributed by atoms with Crippen LogP contribution in [-0.2, 0) is 13.0 Å². The van der Waals surface area contributed by atoms with Crippen LogP contribution in [0.3, 0.4) is 0 Å². The standard InChI is InChI=1S/C13H18N4OS/c1-14-13(15-7-5-12-4-3-9-19-12)17(2)10-11-6-8-18-16-11/h3-4,6,8-9H,5,7,10H2,1-2H3,(H,14,15). The van der Waals surface area contributed by atoms with E-state index in [9.17, 15) is 0 Å². The molecule has 5 nitrogen and oxygen atoms in total. The van der Waals surface area contributed by atoms with Crippen LogP contribution in [-0.4, -0.2) is 36.7 Å². The van der Waals surface area contributed by atoms with E-state index in [2.05, 4.69) is 33.0 Å². The molecule has 19 heavy (non-hydrogen) atoms. The minimum atomic E-state index is 0.676. The van der Waals surface area contributed by atoms with E-state index in [0.717, 1.165) is 24.6 Å². The van der Waals surface area contributed by atoms with Gasteiger partial charge in [0.2, 0.25) is 0 Å². The van der Waals surface area contributed by atoms with Gasteiger partial charge in [0.05, 0.1) is 6.54 Å². The van der Waals surface area contributed by atoms with Crippen molar-refractivity contribution in [3.8, 4) is 0 Å². The fraction of sp³-hybridized carbons (Fsp3) is 0.385. The maximum Gasteiger partial charge on any atom is 0.193 e. The van der Waals surface area contributed by atoms with E-state index >= 15 is 0 Å². The van der Waals surface area contributed by atoms with E-state index in [1.54, 1.807) is 24.6 Å². The summed E-state index contributed by atoms with van der Waals surface area (Å²) in [5, 5.41) is 9.34. The molecule has 6 heteroatoms. The molecule has 2 aromatic heterocycles. The Morgan fingerprint density at radius 2 is 2.42 bits per heavy atom. The molecule has 2 aromatic rings. The Morgan fingerprint density at radius 3 is 3.05 bits per heavy atom. The van der Waals surface area contributed by atoms with Gasteiger partial charge in [0.1, 0.15) is 12.0 Å². The Morgan fingerprint density at radius 1 is 1.53 bits per heavy atom. The molecule has 0 aliphatic rings. The van der Waals surface area contributed by atoms with E-state index in [1.807, 2.05) is 18.0 Å². The lowest BCUT2D eigenvalue weighted by atomic mass is 10.3. The smallest absolute Gasteiger partial charge is 0.193 e. The molecule has 2 rings (SSSR count). The van der Waals surface area contributed by atoms with E-state index in [0.29, 0.717) is 6.54 Å². The highest BCUT2D eigenvalue weighted by molar-refractivity contribution is 7.09. The van der Waals surface area contributed by atoms with Crippen molar-refractivity contribution < 1.29 is 4.52 Å². The van der Waals surface area contributed by atoms with Gasteiger partial charge in [0.15, 0.2) is 5.96 Å². The molecule has 0 bridgehead atoms. The SMILES string of the molecule is CN=C(NCCc1cccs1)N(C)Cc1ccon1. The quantitative estimate of drug-likeness (QED) is 0.671. The molecule has 0 saturated carbocycles. The largest absolute Gasteiger partial charge is 0.364 e. The van der Waals surface area contributed by atoms with Gasteiger partial charge in [-0.25, -0.2) is 0 Å². The number of rotatable bonds is 5. The van der Waals surface area contributed by atoms with Gasteiger partial charge in [-0.05, 0) is 17.9 Å². The first kappa shape index (κ1) is 13.6. The molecule has 0 unspecified atom stereocenters. The molecule has 2 heterocycles. The molecule has 0 fully saturated rings. The third-order valence-corrected chi connectivity index (χ3v) is 3.63. The maximum absolute atomic E-state index is 4.82. The molecule has 0 aromatic carbocycles. The fourth-order valence-electron chi connectivity index (χ4n) is 1.77. The van der Waals surface area contributed by atoms with E-state index < -0.39 is 0 Å². The third kappa shape index (κ3) is 4.10. The first-order valence-corrected chi connectivity index (χ1v) is 7.01. The van der Waals surface area contributed by atoms with Gasteiger partial charge in [0.25, 0.3) is 0 Å². The lowest BCUT2D eigenvalue weighted by Gasteiger charge is -2.20. The molecule has 0 aliphatic carbocycles. The van der Waals surface area contributed by atoms with Crippen LogP contribution in [0.25, 0.3) is 0 Å². The van der Waals surface area contributed by atoms with Crippen molar-refractivity contribution >= 4 is 17.3 Å². The first-order chi connectivity index (χ1) is 9.29. The highest BCUT2D eigenvalue weighted by atomic mass is 32.1. The summed E-state index contributed by atoms with van der Waals surface area (Å²) in [6, 6.07) is 6.08. The van der Waals surface area contributed by atoms with Gasteiger partial charge in [-0.3, -0.25) is 4.99 Å². The lowest BCUT2D eigenvalue weighted by molar-refractivity contribution is 0.391. The summed E-state index contributed by atoms with van der Waals surface area (Å²) >= 11 is 1.78. The molecular formula is C13H18N4OS. The van der Waals surface area contributed by atoms with Gasteiger partial charge in [-0.1, -0.05) is 11.2 Å². The second kappa shape index (κ2) is 6.94. The second-order valence-corrected chi connectivity index (χ2v) is 5.18. The molecule has 0 spiro atoms. The van der Waals surface area contributed by atoms with Crippen LogP contribution in [0.4, 0.5) is 0 Å². The number of hydrogen-bond acceptors (Lipinski definition) is 4. The van der Waals surface area contributed by atoms with E-state index in [1.165, 1.54) is 4.88 Å². The zero-order valence-electron chi connectivity index (χ0n) is 11.2. The van der Waals surface area contributed by atoms with Crippen LogP contribution in [0.5, 0.6) is 0 Å². The van der Waals surface area contributed by atoms with Crippen molar-refractivity contribution in [2.24, 2.45) is 4.99 Å². The Hall–Kier alpha value is -1.82. The zero-order valence-corrected chi connectivity index (χ0v) is 12.0. The molecule has 0 radical (unpaired) electrons. The number of nitrogens with zero attached hydrogens (tertiary/aromatic N) is 3. The van der Waals surface area contributed by atoms with Crippen molar-refractivity contribution in [3.05, 3.63) is 40.4 Å². The van der Waals surface area contributed by atoms with Gasteiger partial charge in [0, 0.05) is 31.6 Å². The van der Waals surface area contributed by atoms with E-state index in [-0.39, 0.29) is 0 Å². The summed E-state index contributed by atoms with van der Waals surface area (Å²) in [6.07, 6.45) is 2.59. The van der Waals surface area contributed by atoms with Crippen molar-refractivity contribution in [3.63, 3.8) is 0 Å². The van der Waals surface area contributed by atoms with Gasteiger partial charge in [-0.2, -0.15) is 0 Å². The average Bonchev–Trinajstić information content (AvgIpc) is 3.07. The van der Waals surface area contributed by atoms with Gasteiger partial charge in [-0.15, -0.1) is 11.3 Å². The number of nitrogens with one attached hydrogen (secondary N) is 1. The van der Waals surface area contributed by atoms with Crippen LogP contribution < -0.4 is 5.32 Å². The number of thiophene rings is 1. The monoisotopic (exact) mass is 278 g/mol. The summed E-state index contributed by atoms with van der Waals surface area (Å²) in [5.74, 6) is 0.861. The number of guanidine groups is 1. The summed E-state index contributed by atoms with van der Waals surface area (Å²) < 4.78 is 4.82. The highest BCUT2D eigenvalue weighted by Gasteiger charge is 2.07. The van der Waals surface area contributed by atoms with Gasteiger partial charge >= 0.3 is 0 Å². The minimum Gasteiger partial charge on any atom is -0.364 e. The van der Waals surface area contributed by atoms with Crippen molar-refractivity contribution in [1.82, 2.24) is 15.4 Å². The summed E-state index contributed by atoms with van der Waals surface area (Å²) in [4.78, 5) is 7.66. The maximum atomic E-state index is 4.82. The fourth-order valence-corrected chi connectivity index (χ4v) is 2.48. The van der Waals surface area contributed by atoms with Gasteiger partial charge < -0.3 is 14.7 Å². The number of aliphatic imine (C=N–C) groups is 1. The van der Waals surface area contributed by atoms with Crippen molar-refractivity contribution in [2.75, 3.05) is 20.6 Å². The van der Waals surface area contributed by atoms with Crippen LogP contribution in [0.1, 0.15) is 10.6 Å². The normalized spacial score (nSPS) is 11.6. The average molecular weight is 278 g/mol. The molecule has 0 amide bonds. The lowest BCUT2D eigenvalue weighted by Crippen LogP contribution is -2.39. The molecule has 0 atom stereocenters. The van der Waals surface area contributed by atoms with E-state index in [4.69, 9.17) is 4.52 Å². The van der Waals surface area contributed by atoms with Crippen molar-refractivity contribution in [1.29, 1.82) is 0 Å². The molecule has 0 aliphatic heterocycles. The summed E-state index contributed by atoms with van der Waals surface area (Å²) in [6.45, 7) is 1.55. The summed E-state index contributed by atoms with van der Waals surface area (Å²) in [7, 11) is 3.77. The second-order valence-electron chi connectivity index (χ2n) is 4.15. The molecular weight excluding hydrogens is 260 g/mol. The Balaban J connectivity index is 1.79. The number of aromatic nitrogens is 1. The zero-order chi connectivity index (χ0) is 13.5. The Bertz CT molecular complexity index is 493. The molecule has 102 valence electrons. The highest BCUT2D eigenvalue weighted by Crippen LogP contribution is 2.08. The number of hydrogen-bond donors (Lipinski definition) is 1. The summed E-state index contributed by atoms with van der Waals surface area (Å²) in [5.41, 5.74) is 0.892. The minimum absolute atomic E-state index is 0.676. The van der Waals surface area contributed by atoms with Crippen LogP contribution >= 0.6 is 11.3 Å². The van der Waals surface area contributed by atoms with Crippen molar-refractivity contribution in [2.45, 2.75) is 13.0 Å². The van der Waals surface area contributed by atoms with Crippen LogP contribution in [0.2, 0.25) is 0 Å². The predicted octanol–water partition coefficient (Wildman–Crippen LogP) is 1.99.